The zero-order valence-corrected chi connectivity index (χ0v) is 44.8. The number of hydrogen-bond acceptors (Lipinski definition) is 6. The van der Waals surface area contributed by atoms with Crippen molar-refractivity contribution in [3.63, 3.8) is 0 Å². The average molecular weight is 920 g/mol. The minimum Gasteiger partial charge on any atom is -0.462 e. The van der Waals surface area contributed by atoms with E-state index in [4.69, 9.17) is 14.2 Å². The first kappa shape index (κ1) is 63.4. The van der Waals surface area contributed by atoms with E-state index >= 15 is 0 Å². The highest BCUT2D eigenvalue weighted by atomic mass is 16.6. The summed E-state index contributed by atoms with van der Waals surface area (Å²) in [4.78, 5) is 38.1. The van der Waals surface area contributed by atoms with Crippen molar-refractivity contribution in [3.8, 4) is 0 Å². The summed E-state index contributed by atoms with van der Waals surface area (Å²) >= 11 is 0. The van der Waals surface area contributed by atoms with Gasteiger partial charge in [-0.05, 0) is 37.0 Å². The van der Waals surface area contributed by atoms with Crippen molar-refractivity contribution in [1.29, 1.82) is 0 Å². The van der Waals surface area contributed by atoms with Gasteiger partial charge in [-0.3, -0.25) is 14.4 Å². The van der Waals surface area contributed by atoms with Gasteiger partial charge in [-0.2, -0.15) is 0 Å². The Morgan fingerprint density at radius 1 is 0.308 bits per heavy atom. The number of unbranched alkanes of at least 4 members (excludes halogenated alkanes) is 34. The summed E-state index contributed by atoms with van der Waals surface area (Å²) < 4.78 is 16.9. The van der Waals surface area contributed by atoms with Crippen LogP contribution in [0, 0.1) is 17.8 Å². The monoisotopic (exact) mass is 919 g/mol. The van der Waals surface area contributed by atoms with E-state index in [0.29, 0.717) is 19.3 Å². The van der Waals surface area contributed by atoms with E-state index in [9.17, 15) is 14.4 Å². The Bertz CT molecular complexity index is 1010. The van der Waals surface area contributed by atoms with Gasteiger partial charge in [-0.1, -0.05) is 286 Å². The normalized spacial score (nSPS) is 12.6. The molecule has 2 atom stereocenters. The molecule has 0 saturated carbocycles. The SMILES string of the molecule is CCC(C)CCCCCCCCC(=O)OC[C@H](COC(=O)CCCCCCCCCCCCCCCC(C)C)OC(=O)CCCCCCCCCCCCCCCCCCCCC(C)C. The molecule has 0 aromatic rings. The Labute approximate surface area is 406 Å². The molecule has 0 heterocycles. The topological polar surface area (TPSA) is 78.9 Å². The Balaban J connectivity index is 4.23. The highest BCUT2D eigenvalue weighted by Crippen LogP contribution is 2.19. The van der Waals surface area contributed by atoms with E-state index in [2.05, 4.69) is 41.5 Å². The van der Waals surface area contributed by atoms with Crippen LogP contribution in [0.1, 0.15) is 324 Å². The van der Waals surface area contributed by atoms with Gasteiger partial charge in [-0.15, -0.1) is 0 Å². The smallest absolute Gasteiger partial charge is 0.306 e. The fraction of sp³-hybridized carbons (Fsp3) is 0.949. The predicted octanol–water partition coefficient (Wildman–Crippen LogP) is 19.1. The molecule has 386 valence electrons. The molecule has 0 radical (unpaired) electrons. The van der Waals surface area contributed by atoms with E-state index in [-0.39, 0.29) is 31.1 Å². The van der Waals surface area contributed by atoms with Crippen molar-refractivity contribution in [2.45, 2.75) is 330 Å². The maximum absolute atomic E-state index is 12.9. The third-order valence-corrected chi connectivity index (χ3v) is 13.8. The second-order valence-electron chi connectivity index (χ2n) is 21.5. The van der Waals surface area contributed by atoms with Gasteiger partial charge < -0.3 is 14.2 Å². The zero-order valence-electron chi connectivity index (χ0n) is 44.8. The maximum Gasteiger partial charge on any atom is 0.306 e. The lowest BCUT2D eigenvalue weighted by atomic mass is 10.00. The van der Waals surface area contributed by atoms with Crippen LogP contribution in [0.15, 0.2) is 0 Å². The van der Waals surface area contributed by atoms with Crippen molar-refractivity contribution in [1.82, 2.24) is 0 Å². The van der Waals surface area contributed by atoms with Gasteiger partial charge in [0.25, 0.3) is 0 Å². The Morgan fingerprint density at radius 2 is 0.538 bits per heavy atom. The molecular formula is C59H114O6. The van der Waals surface area contributed by atoms with Crippen molar-refractivity contribution in [2.75, 3.05) is 13.2 Å². The van der Waals surface area contributed by atoms with Crippen LogP contribution in [0.2, 0.25) is 0 Å². The number of carbonyl (C=O) groups is 3. The number of rotatable bonds is 52. The van der Waals surface area contributed by atoms with Crippen LogP contribution in [0.3, 0.4) is 0 Å². The molecule has 0 spiro atoms. The van der Waals surface area contributed by atoms with Crippen LogP contribution in [0.4, 0.5) is 0 Å². The van der Waals surface area contributed by atoms with Crippen LogP contribution in [0.5, 0.6) is 0 Å². The lowest BCUT2D eigenvalue weighted by Gasteiger charge is -2.18. The molecule has 6 nitrogen and oxygen atoms in total. The summed E-state index contributed by atoms with van der Waals surface area (Å²) in [6, 6.07) is 0. The molecule has 0 aliphatic rings. The summed E-state index contributed by atoms with van der Waals surface area (Å²) in [5.74, 6) is 1.66. The fourth-order valence-electron chi connectivity index (χ4n) is 8.97. The van der Waals surface area contributed by atoms with Crippen LogP contribution in [0.25, 0.3) is 0 Å². The molecule has 1 unspecified atom stereocenters. The van der Waals surface area contributed by atoms with Gasteiger partial charge in [0.2, 0.25) is 0 Å². The minimum absolute atomic E-state index is 0.0643. The van der Waals surface area contributed by atoms with E-state index in [1.807, 2.05) is 0 Å². The van der Waals surface area contributed by atoms with Crippen LogP contribution < -0.4 is 0 Å². The van der Waals surface area contributed by atoms with Gasteiger partial charge in [-0.25, -0.2) is 0 Å². The van der Waals surface area contributed by atoms with Gasteiger partial charge in [0.05, 0.1) is 0 Å². The first-order valence-electron chi connectivity index (χ1n) is 29.1. The van der Waals surface area contributed by atoms with Gasteiger partial charge >= 0.3 is 17.9 Å². The summed E-state index contributed by atoms with van der Waals surface area (Å²) in [5, 5.41) is 0. The Morgan fingerprint density at radius 3 is 0.800 bits per heavy atom. The number of hydrogen-bond donors (Lipinski definition) is 0. The summed E-state index contributed by atoms with van der Waals surface area (Å²) in [7, 11) is 0. The lowest BCUT2D eigenvalue weighted by Crippen LogP contribution is -2.30. The molecule has 0 amide bonds. The molecule has 0 fully saturated rings. The fourth-order valence-corrected chi connectivity index (χ4v) is 8.97. The zero-order chi connectivity index (χ0) is 47.7. The Kier molecular flexibility index (Phi) is 49.1. The molecule has 0 saturated heterocycles. The molecule has 0 aliphatic carbocycles. The lowest BCUT2D eigenvalue weighted by molar-refractivity contribution is -0.167. The molecule has 0 bridgehead atoms. The van der Waals surface area contributed by atoms with Crippen molar-refractivity contribution in [2.24, 2.45) is 17.8 Å². The quantitative estimate of drug-likeness (QED) is 0.0344. The van der Waals surface area contributed by atoms with Crippen LogP contribution in [-0.4, -0.2) is 37.2 Å². The minimum atomic E-state index is -0.764. The third kappa shape index (κ3) is 51.6. The molecule has 0 N–H and O–H groups in total. The van der Waals surface area contributed by atoms with Crippen LogP contribution in [-0.2, 0) is 28.6 Å². The number of esters is 3. The highest BCUT2D eigenvalue weighted by molar-refractivity contribution is 5.71. The maximum atomic E-state index is 12.9. The average Bonchev–Trinajstić information content (AvgIpc) is 3.28. The van der Waals surface area contributed by atoms with Crippen molar-refractivity contribution < 1.29 is 28.6 Å². The molecule has 65 heavy (non-hydrogen) atoms. The number of ether oxygens (including phenoxy) is 3. The second-order valence-corrected chi connectivity index (χ2v) is 21.5. The highest BCUT2D eigenvalue weighted by Gasteiger charge is 2.19. The molecule has 0 aromatic heterocycles. The van der Waals surface area contributed by atoms with E-state index in [1.54, 1.807) is 0 Å². The summed E-state index contributed by atoms with van der Waals surface area (Å²) in [5.41, 5.74) is 0. The molecular weight excluding hydrogens is 805 g/mol. The third-order valence-electron chi connectivity index (χ3n) is 13.8. The van der Waals surface area contributed by atoms with Gasteiger partial charge in [0.1, 0.15) is 13.2 Å². The van der Waals surface area contributed by atoms with Gasteiger partial charge in [0.15, 0.2) is 6.10 Å². The molecule has 6 heteroatoms. The first-order valence-corrected chi connectivity index (χ1v) is 29.1. The first-order chi connectivity index (χ1) is 31.6. The van der Waals surface area contributed by atoms with E-state index in [1.165, 1.54) is 205 Å². The molecule has 0 aromatic carbocycles. The van der Waals surface area contributed by atoms with Gasteiger partial charge in [0, 0.05) is 19.3 Å². The molecule has 0 rings (SSSR count). The second kappa shape index (κ2) is 50.3. The van der Waals surface area contributed by atoms with Crippen molar-refractivity contribution in [3.05, 3.63) is 0 Å². The number of carbonyl (C=O) groups excluding carboxylic acids is 3. The Hall–Kier alpha value is -1.59. The van der Waals surface area contributed by atoms with Crippen molar-refractivity contribution >= 4 is 17.9 Å². The van der Waals surface area contributed by atoms with Crippen LogP contribution >= 0.6 is 0 Å². The predicted molar refractivity (Wildman–Crippen MR) is 279 cm³/mol. The largest absolute Gasteiger partial charge is 0.462 e. The summed E-state index contributed by atoms with van der Waals surface area (Å²) in [6.45, 7) is 13.8. The standard InChI is InChI=1S/C59H114O6/c1-7-55(6)47-41-35-31-32-37-43-49-58(61)64-52-56(51-63-57(60)48-42-36-29-25-21-18-14-16-20-24-28-34-40-46-54(4)5)65-59(62)50-44-38-30-26-22-17-13-11-9-8-10-12-15-19-23-27-33-39-45-53(2)3/h53-56H,7-52H2,1-6H3/t55?,56-/m0/s1. The van der Waals surface area contributed by atoms with E-state index in [0.717, 1.165) is 75.5 Å². The summed E-state index contributed by atoms with van der Waals surface area (Å²) in [6.07, 6.45) is 52.5. The molecule has 0 aliphatic heterocycles. The van der Waals surface area contributed by atoms with E-state index < -0.39 is 6.10 Å².